The monoisotopic (exact) mass is 366 g/mol. The molecule has 0 amide bonds. The summed E-state index contributed by atoms with van der Waals surface area (Å²) in [5.74, 6) is -2.27. The Balaban J connectivity index is 1.92. The lowest BCUT2D eigenvalue weighted by atomic mass is 10.1. The van der Waals surface area contributed by atoms with Gasteiger partial charge in [-0.15, -0.1) is 0 Å². The Morgan fingerprint density at radius 1 is 0.889 bits per heavy atom. The van der Waals surface area contributed by atoms with Crippen molar-refractivity contribution in [2.24, 2.45) is 0 Å². The fourth-order valence-corrected chi connectivity index (χ4v) is 2.67. The average molecular weight is 366 g/mol. The first-order valence-corrected chi connectivity index (χ1v) is 8.46. The molecule has 4 nitrogen and oxygen atoms in total. The van der Waals surface area contributed by atoms with Crippen LogP contribution in [0.5, 0.6) is 11.5 Å². The van der Waals surface area contributed by atoms with E-state index in [4.69, 9.17) is 9.47 Å². The summed E-state index contributed by atoms with van der Waals surface area (Å²) in [7, 11) is 0. The molecule has 0 fully saturated rings. The van der Waals surface area contributed by atoms with Gasteiger partial charge in [0, 0.05) is 0 Å². The number of carboxylic acids is 1. The van der Waals surface area contributed by atoms with Crippen LogP contribution in [0.2, 0.25) is 0 Å². The molecule has 0 heterocycles. The van der Waals surface area contributed by atoms with Crippen LogP contribution in [0.1, 0.15) is 27.0 Å². The van der Waals surface area contributed by atoms with Crippen molar-refractivity contribution in [2.75, 3.05) is 0 Å². The Morgan fingerprint density at radius 2 is 1.37 bits per heavy atom. The van der Waals surface area contributed by atoms with E-state index in [-0.39, 0.29) is 24.7 Å². The number of aromatic carboxylic acids is 1. The highest BCUT2D eigenvalue weighted by atomic mass is 19.1. The maximum absolute atomic E-state index is 14.8. The van der Waals surface area contributed by atoms with Crippen LogP contribution >= 0.6 is 0 Å². The van der Waals surface area contributed by atoms with Crippen molar-refractivity contribution >= 4 is 5.97 Å². The van der Waals surface area contributed by atoms with E-state index in [1.807, 2.05) is 60.7 Å². The SMILES string of the molecule is Cc1cc(C(=O)O)c(F)c(OCc2ccccc2)c1OCc1ccccc1. The number of ether oxygens (including phenoxy) is 2. The van der Waals surface area contributed by atoms with Gasteiger partial charge in [-0.25, -0.2) is 9.18 Å². The first-order chi connectivity index (χ1) is 13.1. The van der Waals surface area contributed by atoms with Crippen LogP contribution in [0.15, 0.2) is 66.7 Å². The molecule has 5 heteroatoms. The molecular weight excluding hydrogens is 347 g/mol. The summed E-state index contributed by atoms with van der Waals surface area (Å²) in [6.45, 7) is 1.98. The number of hydrogen-bond acceptors (Lipinski definition) is 3. The van der Waals surface area contributed by atoms with Gasteiger partial charge in [0.05, 0.1) is 5.56 Å². The molecule has 3 aromatic rings. The van der Waals surface area contributed by atoms with Crippen LogP contribution < -0.4 is 9.47 Å². The van der Waals surface area contributed by atoms with Gasteiger partial charge in [0.2, 0.25) is 0 Å². The normalized spacial score (nSPS) is 10.4. The summed E-state index contributed by atoms with van der Waals surface area (Å²) in [5.41, 5.74) is 1.80. The first-order valence-electron chi connectivity index (χ1n) is 8.46. The Kier molecular flexibility index (Phi) is 5.71. The summed E-state index contributed by atoms with van der Waals surface area (Å²) in [5, 5.41) is 9.26. The van der Waals surface area contributed by atoms with Crippen molar-refractivity contribution in [3.8, 4) is 11.5 Å². The Hall–Kier alpha value is -3.34. The predicted octanol–water partition coefficient (Wildman–Crippen LogP) is 4.99. The fourth-order valence-electron chi connectivity index (χ4n) is 2.67. The molecule has 0 bridgehead atoms. The molecule has 0 unspecified atom stereocenters. The number of aryl methyl sites for hydroxylation is 1. The zero-order chi connectivity index (χ0) is 19.2. The fraction of sp³-hybridized carbons (Fsp3) is 0.136. The molecule has 0 aliphatic heterocycles. The third-order valence-electron chi connectivity index (χ3n) is 4.04. The van der Waals surface area contributed by atoms with Gasteiger partial charge in [-0.05, 0) is 29.7 Å². The highest BCUT2D eigenvalue weighted by Gasteiger charge is 2.23. The van der Waals surface area contributed by atoms with Crippen LogP contribution in [0, 0.1) is 12.7 Å². The molecule has 0 saturated carbocycles. The molecule has 1 N–H and O–H groups in total. The van der Waals surface area contributed by atoms with Crippen LogP contribution in [0.25, 0.3) is 0 Å². The number of carbonyl (C=O) groups is 1. The van der Waals surface area contributed by atoms with E-state index in [0.717, 1.165) is 11.1 Å². The van der Waals surface area contributed by atoms with E-state index < -0.39 is 17.3 Å². The number of rotatable bonds is 7. The van der Waals surface area contributed by atoms with Gasteiger partial charge < -0.3 is 14.6 Å². The lowest BCUT2D eigenvalue weighted by molar-refractivity contribution is 0.0690. The molecule has 0 aliphatic rings. The summed E-state index contributed by atoms with van der Waals surface area (Å²) >= 11 is 0. The van der Waals surface area contributed by atoms with Crippen molar-refractivity contribution in [3.05, 3.63) is 94.8 Å². The van der Waals surface area contributed by atoms with Crippen LogP contribution in [0.3, 0.4) is 0 Å². The van der Waals surface area contributed by atoms with E-state index in [0.29, 0.717) is 5.56 Å². The zero-order valence-electron chi connectivity index (χ0n) is 14.8. The maximum atomic E-state index is 14.8. The molecule has 0 spiro atoms. The van der Waals surface area contributed by atoms with Crippen LogP contribution in [-0.4, -0.2) is 11.1 Å². The van der Waals surface area contributed by atoms with Gasteiger partial charge in [0.1, 0.15) is 13.2 Å². The standard InChI is InChI=1S/C22H19FO4/c1-15-12-18(22(24)25)19(23)21(27-14-17-10-6-3-7-11-17)20(15)26-13-16-8-4-2-5-9-16/h2-12H,13-14H2,1H3,(H,24,25). The van der Waals surface area contributed by atoms with E-state index in [1.54, 1.807) is 6.92 Å². The highest BCUT2D eigenvalue weighted by molar-refractivity contribution is 5.89. The first kappa shape index (κ1) is 18.5. The molecule has 0 aromatic heterocycles. The van der Waals surface area contributed by atoms with Crippen molar-refractivity contribution in [3.63, 3.8) is 0 Å². The number of hydrogen-bond donors (Lipinski definition) is 1. The topological polar surface area (TPSA) is 55.8 Å². The summed E-state index contributed by atoms with van der Waals surface area (Å²) in [6.07, 6.45) is 0. The van der Waals surface area contributed by atoms with Crippen molar-refractivity contribution in [1.29, 1.82) is 0 Å². The van der Waals surface area contributed by atoms with E-state index >= 15 is 0 Å². The molecule has 0 atom stereocenters. The molecular formula is C22H19FO4. The van der Waals surface area contributed by atoms with Gasteiger partial charge in [-0.2, -0.15) is 0 Å². The van der Waals surface area contributed by atoms with Gasteiger partial charge >= 0.3 is 5.97 Å². The molecule has 0 aliphatic carbocycles. The van der Waals surface area contributed by atoms with E-state index in [2.05, 4.69) is 0 Å². The van der Waals surface area contributed by atoms with Crippen LogP contribution in [0.4, 0.5) is 4.39 Å². The molecule has 27 heavy (non-hydrogen) atoms. The summed E-state index contributed by atoms with van der Waals surface area (Å²) < 4.78 is 26.3. The van der Waals surface area contributed by atoms with Gasteiger partial charge in [0.15, 0.2) is 17.3 Å². The molecule has 0 radical (unpaired) electrons. The quantitative estimate of drug-likeness (QED) is 0.640. The van der Waals surface area contributed by atoms with E-state index in [9.17, 15) is 14.3 Å². The Labute approximate surface area is 156 Å². The van der Waals surface area contributed by atoms with Gasteiger partial charge in [0.25, 0.3) is 0 Å². The van der Waals surface area contributed by atoms with Gasteiger partial charge in [-0.3, -0.25) is 0 Å². The largest absolute Gasteiger partial charge is 0.485 e. The average Bonchev–Trinajstić information content (AvgIpc) is 2.68. The van der Waals surface area contributed by atoms with Crippen LogP contribution in [-0.2, 0) is 13.2 Å². The summed E-state index contributed by atoms with van der Waals surface area (Å²) in [6, 6.07) is 19.9. The minimum Gasteiger partial charge on any atom is -0.485 e. The minimum absolute atomic E-state index is 0.0992. The smallest absolute Gasteiger partial charge is 0.338 e. The lowest BCUT2D eigenvalue weighted by Crippen LogP contribution is -2.09. The molecule has 3 rings (SSSR count). The molecule has 138 valence electrons. The number of benzene rings is 3. The van der Waals surface area contributed by atoms with Crippen molar-refractivity contribution < 1.29 is 23.8 Å². The third-order valence-corrected chi connectivity index (χ3v) is 4.04. The Morgan fingerprint density at radius 3 is 1.85 bits per heavy atom. The maximum Gasteiger partial charge on any atom is 0.338 e. The van der Waals surface area contributed by atoms with Crippen molar-refractivity contribution in [2.45, 2.75) is 20.1 Å². The second-order valence-electron chi connectivity index (χ2n) is 6.07. The third kappa shape index (κ3) is 4.44. The lowest BCUT2D eigenvalue weighted by Gasteiger charge is -2.17. The second kappa shape index (κ2) is 8.36. The number of carboxylic acid groups (broad SMARTS) is 1. The predicted molar refractivity (Wildman–Crippen MR) is 99.6 cm³/mol. The minimum atomic E-state index is -1.35. The molecule has 3 aromatic carbocycles. The van der Waals surface area contributed by atoms with E-state index in [1.165, 1.54) is 6.07 Å². The highest BCUT2D eigenvalue weighted by Crippen LogP contribution is 2.37. The Bertz CT molecular complexity index is 924. The second-order valence-corrected chi connectivity index (χ2v) is 6.07. The summed E-state index contributed by atoms with van der Waals surface area (Å²) in [4.78, 5) is 11.4. The van der Waals surface area contributed by atoms with Gasteiger partial charge in [-0.1, -0.05) is 60.7 Å². The van der Waals surface area contributed by atoms with Crippen molar-refractivity contribution in [1.82, 2.24) is 0 Å². The number of halogens is 1. The molecule has 0 saturated heterocycles. The zero-order valence-corrected chi connectivity index (χ0v) is 14.8.